The van der Waals surface area contributed by atoms with E-state index in [-0.39, 0.29) is 31.1 Å². The van der Waals surface area contributed by atoms with Crippen molar-refractivity contribution in [2.45, 2.75) is 354 Å². The number of allylic oxidation sites excluding steroid dienone is 14. The molecule has 0 aliphatic carbocycles. The zero-order valence-electron chi connectivity index (χ0n) is 53.1. The van der Waals surface area contributed by atoms with E-state index in [1.54, 1.807) is 0 Å². The van der Waals surface area contributed by atoms with E-state index in [1.165, 1.54) is 199 Å². The molecule has 0 amide bonds. The molecule has 0 N–H and O–H groups in total. The molecule has 0 aliphatic heterocycles. The summed E-state index contributed by atoms with van der Waals surface area (Å²) >= 11 is 0. The molecule has 0 aliphatic rings. The van der Waals surface area contributed by atoms with Crippen LogP contribution in [0.3, 0.4) is 0 Å². The molecule has 0 fully saturated rings. The summed E-state index contributed by atoms with van der Waals surface area (Å²) in [5.41, 5.74) is 0. The summed E-state index contributed by atoms with van der Waals surface area (Å²) in [4.78, 5) is 38.5. The predicted octanol–water partition coefficient (Wildman–Crippen LogP) is 23.8. The molecular formula is C74H130O6. The lowest BCUT2D eigenvalue weighted by molar-refractivity contribution is -0.167. The predicted molar refractivity (Wildman–Crippen MR) is 348 cm³/mol. The molecule has 6 nitrogen and oxygen atoms in total. The Labute approximate surface area is 496 Å². The van der Waals surface area contributed by atoms with E-state index in [0.29, 0.717) is 19.3 Å². The van der Waals surface area contributed by atoms with Crippen molar-refractivity contribution in [1.82, 2.24) is 0 Å². The lowest BCUT2D eigenvalue weighted by Gasteiger charge is -2.18. The molecule has 1 unspecified atom stereocenters. The van der Waals surface area contributed by atoms with Crippen LogP contribution in [0.5, 0.6) is 0 Å². The summed E-state index contributed by atoms with van der Waals surface area (Å²) in [7, 11) is 0. The van der Waals surface area contributed by atoms with Crippen molar-refractivity contribution in [1.29, 1.82) is 0 Å². The third-order valence-corrected chi connectivity index (χ3v) is 15.1. The summed E-state index contributed by atoms with van der Waals surface area (Å²) in [6.45, 7) is 6.46. The highest BCUT2D eigenvalue weighted by Crippen LogP contribution is 2.18. The second-order valence-corrected chi connectivity index (χ2v) is 23.0. The summed E-state index contributed by atoms with van der Waals surface area (Å²) in [5.74, 6) is -0.872. The molecule has 6 heteroatoms. The van der Waals surface area contributed by atoms with Gasteiger partial charge in [0.25, 0.3) is 0 Å². The third-order valence-electron chi connectivity index (χ3n) is 15.1. The molecule has 0 aromatic carbocycles. The maximum atomic E-state index is 13.0. The van der Waals surface area contributed by atoms with Gasteiger partial charge in [-0.25, -0.2) is 0 Å². The Balaban J connectivity index is 4.35. The van der Waals surface area contributed by atoms with Crippen molar-refractivity contribution in [3.63, 3.8) is 0 Å². The topological polar surface area (TPSA) is 78.9 Å². The van der Waals surface area contributed by atoms with Gasteiger partial charge in [-0.05, 0) is 89.9 Å². The zero-order chi connectivity index (χ0) is 57.8. The van der Waals surface area contributed by atoms with Gasteiger partial charge in [-0.3, -0.25) is 14.4 Å². The van der Waals surface area contributed by atoms with Crippen molar-refractivity contribution in [2.24, 2.45) is 0 Å². The standard InChI is InChI=1S/C74H130O6/c1-4-7-10-13-16-19-22-25-28-31-33-35-37-39-40-43-46-49-52-55-58-61-64-67-73(76)79-70-71(69-78-72(75)66-63-60-57-54-51-48-45-42-30-27-24-21-18-15-12-9-6-3)80-74(77)68-65-62-59-56-53-50-47-44-41-38-36-34-32-29-26-23-20-17-14-11-8-5-2/h7,9-10,12,16,18-19,21,25,27-28,30,33,35,71H,4-6,8,11,13-15,17,20,22-24,26,29,31-32,34,36-70H2,1-3H3/b10-7-,12-9-,19-16-,21-18-,28-25-,30-27-,35-33-. The van der Waals surface area contributed by atoms with E-state index < -0.39 is 6.10 Å². The fraction of sp³-hybridized carbons (Fsp3) is 0.770. The van der Waals surface area contributed by atoms with Crippen LogP contribution in [0.25, 0.3) is 0 Å². The fourth-order valence-corrected chi connectivity index (χ4v) is 10.0. The van der Waals surface area contributed by atoms with E-state index in [0.717, 1.165) is 109 Å². The highest BCUT2D eigenvalue weighted by atomic mass is 16.6. The fourth-order valence-electron chi connectivity index (χ4n) is 10.0. The minimum Gasteiger partial charge on any atom is -0.462 e. The first kappa shape index (κ1) is 76.6. The lowest BCUT2D eigenvalue weighted by Crippen LogP contribution is -2.30. The molecule has 0 rings (SSSR count). The molecule has 0 spiro atoms. The number of esters is 3. The van der Waals surface area contributed by atoms with Crippen LogP contribution in [0.2, 0.25) is 0 Å². The van der Waals surface area contributed by atoms with Crippen LogP contribution in [0, 0.1) is 0 Å². The van der Waals surface area contributed by atoms with Gasteiger partial charge in [-0.1, -0.05) is 324 Å². The second-order valence-electron chi connectivity index (χ2n) is 23.0. The van der Waals surface area contributed by atoms with Crippen LogP contribution in [0.4, 0.5) is 0 Å². The minimum atomic E-state index is -0.783. The molecule has 0 radical (unpaired) electrons. The molecule has 80 heavy (non-hydrogen) atoms. The Morgan fingerprint density at radius 2 is 0.487 bits per heavy atom. The number of rotatable bonds is 63. The molecule has 0 heterocycles. The average molecular weight is 1120 g/mol. The zero-order valence-corrected chi connectivity index (χ0v) is 53.1. The number of carbonyl (C=O) groups excluding carboxylic acids is 3. The Morgan fingerprint density at radius 3 is 0.762 bits per heavy atom. The Bertz CT molecular complexity index is 1520. The van der Waals surface area contributed by atoms with Gasteiger partial charge in [-0.2, -0.15) is 0 Å². The number of hydrogen-bond donors (Lipinski definition) is 0. The molecule has 1 atom stereocenters. The first-order chi connectivity index (χ1) is 39.5. The summed E-state index contributed by atoms with van der Waals surface area (Å²) in [5, 5.41) is 0. The van der Waals surface area contributed by atoms with Gasteiger partial charge in [0.2, 0.25) is 0 Å². The van der Waals surface area contributed by atoms with Gasteiger partial charge >= 0.3 is 17.9 Å². The summed E-state index contributed by atoms with van der Waals surface area (Å²) < 4.78 is 17.0. The summed E-state index contributed by atoms with van der Waals surface area (Å²) in [6, 6.07) is 0. The van der Waals surface area contributed by atoms with Gasteiger partial charge in [-0.15, -0.1) is 0 Å². The van der Waals surface area contributed by atoms with Crippen molar-refractivity contribution in [3.05, 3.63) is 85.1 Å². The molecule has 0 aromatic heterocycles. The highest BCUT2D eigenvalue weighted by Gasteiger charge is 2.19. The highest BCUT2D eigenvalue weighted by molar-refractivity contribution is 5.71. The largest absolute Gasteiger partial charge is 0.462 e. The first-order valence-electron chi connectivity index (χ1n) is 34.6. The maximum absolute atomic E-state index is 13.0. The van der Waals surface area contributed by atoms with Gasteiger partial charge in [0, 0.05) is 19.3 Å². The Kier molecular flexibility index (Phi) is 65.2. The second kappa shape index (κ2) is 68.1. The average Bonchev–Trinajstić information content (AvgIpc) is 3.46. The smallest absolute Gasteiger partial charge is 0.306 e. The van der Waals surface area contributed by atoms with Crippen LogP contribution >= 0.6 is 0 Å². The summed E-state index contributed by atoms with van der Waals surface area (Å²) in [6.07, 6.45) is 90.3. The molecule has 0 saturated carbocycles. The van der Waals surface area contributed by atoms with E-state index in [2.05, 4.69) is 106 Å². The van der Waals surface area contributed by atoms with Crippen LogP contribution < -0.4 is 0 Å². The Morgan fingerprint density at radius 1 is 0.263 bits per heavy atom. The number of ether oxygens (including phenoxy) is 3. The van der Waals surface area contributed by atoms with Crippen molar-refractivity contribution in [3.8, 4) is 0 Å². The molecular weight excluding hydrogens is 985 g/mol. The maximum Gasteiger partial charge on any atom is 0.306 e. The molecule has 0 aromatic rings. The third kappa shape index (κ3) is 65.4. The molecule has 462 valence electrons. The van der Waals surface area contributed by atoms with Crippen molar-refractivity contribution >= 4 is 17.9 Å². The van der Waals surface area contributed by atoms with Crippen LogP contribution in [0.1, 0.15) is 348 Å². The number of hydrogen-bond acceptors (Lipinski definition) is 6. The van der Waals surface area contributed by atoms with Crippen LogP contribution in [0.15, 0.2) is 85.1 Å². The van der Waals surface area contributed by atoms with Crippen molar-refractivity contribution < 1.29 is 28.6 Å². The van der Waals surface area contributed by atoms with E-state index in [9.17, 15) is 14.4 Å². The van der Waals surface area contributed by atoms with Crippen molar-refractivity contribution in [2.75, 3.05) is 13.2 Å². The van der Waals surface area contributed by atoms with E-state index in [1.807, 2.05) is 0 Å². The Hall–Kier alpha value is -3.41. The number of unbranched alkanes of at least 4 members (excludes halogenated alkanes) is 38. The van der Waals surface area contributed by atoms with Crippen LogP contribution in [-0.2, 0) is 28.6 Å². The monoisotopic (exact) mass is 1110 g/mol. The van der Waals surface area contributed by atoms with Gasteiger partial charge < -0.3 is 14.2 Å². The van der Waals surface area contributed by atoms with Gasteiger partial charge in [0.15, 0.2) is 6.10 Å². The minimum absolute atomic E-state index is 0.0789. The number of carbonyl (C=O) groups is 3. The van der Waals surface area contributed by atoms with Crippen LogP contribution in [-0.4, -0.2) is 37.2 Å². The van der Waals surface area contributed by atoms with Gasteiger partial charge in [0.05, 0.1) is 0 Å². The molecule has 0 bridgehead atoms. The lowest BCUT2D eigenvalue weighted by atomic mass is 10.0. The molecule has 0 saturated heterocycles. The quantitative estimate of drug-likeness (QED) is 0.0261. The van der Waals surface area contributed by atoms with E-state index in [4.69, 9.17) is 14.2 Å². The van der Waals surface area contributed by atoms with E-state index >= 15 is 0 Å². The van der Waals surface area contributed by atoms with Gasteiger partial charge in [0.1, 0.15) is 13.2 Å². The normalized spacial score (nSPS) is 12.6. The first-order valence-corrected chi connectivity index (χ1v) is 34.6. The SMILES string of the molecule is CC/C=C\C/C=C\C/C=C\C/C=C\CCCCCCCCCCCCC(=O)OCC(COC(=O)CCCCCCCCC/C=C\C/C=C\C/C=C\CC)OC(=O)CCCCCCCCCCCCCCCCCCCCCCCC.